The molecule has 10 aromatic rings. The molecule has 5 fully saturated rings. The summed E-state index contributed by atoms with van der Waals surface area (Å²) >= 11 is 15.6. The van der Waals surface area contributed by atoms with Gasteiger partial charge in [-0.05, 0) is 114 Å². The molecule has 10 aromatic heterocycles. The molecule has 0 amide bonds. The van der Waals surface area contributed by atoms with Gasteiger partial charge < -0.3 is 67.7 Å². The Labute approximate surface area is 702 Å². The van der Waals surface area contributed by atoms with Gasteiger partial charge in [0.05, 0.1) is 42.0 Å². The van der Waals surface area contributed by atoms with Crippen LogP contribution in [0.5, 0.6) is 0 Å². The molecule has 0 aromatic carbocycles. The second-order valence-electron chi connectivity index (χ2n) is 30.4. The summed E-state index contributed by atoms with van der Waals surface area (Å²) in [4.78, 5) is 29.9. The minimum absolute atomic E-state index is 0. The van der Waals surface area contributed by atoms with E-state index in [1.807, 2.05) is 65.8 Å². The molecule has 2 unspecified atom stereocenters. The molecule has 650 valence electrons. The van der Waals surface area contributed by atoms with Crippen LogP contribution in [0.15, 0.2) is 96.9 Å². The summed E-state index contributed by atoms with van der Waals surface area (Å²) in [5.74, 6) is -1.79. The third-order valence-electron chi connectivity index (χ3n) is 21.5. The average Bonchev–Trinajstić information content (AvgIpc) is 1.59. The van der Waals surface area contributed by atoms with Gasteiger partial charge in [-0.3, -0.25) is 0 Å². The topological polar surface area (TPSA) is 405 Å². The number of nitrogens with two attached hydrogens (primary N) is 5. The first-order chi connectivity index (χ1) is 54.4. The number of aliphatic hydroxyl groups excluding tert-OH is 2. The van der Waals surface area contributed by atoms with Gasteiger partial charge in [0.1, 0.15) is 133 Å². The summed E-state index contributed by atoms with van der Waals surface area (Å²) in [6.07, 6.45) is -2.10. The number of nitrogen functional groups attached to an aromatic ring is 5. The van der Waals surface area contributed by atoms with Crippen molar-refractivity contribution in [1.82, 2.24) is 73.0 Å². The van der Waals surface area contributed by atoms with E-state index in [0.717, 1.165) is 35.0 Å². The highest BCUT2D eigenvalue weighted by molar-refractivity contribution is 9.10. The number of rotatable bonds is 15. The molecular formula is C77H120BrCl2F5N20O9Si3. The number of hydrogen-bond acceptors (Lipinski definition) is 24. The van der Waals surface area contributed by atoms with Crippen LogP contribution in [-0.4, -0.2) is 192 Å². The molecule has 0 radical (unpaired) electrons. The number of alkyl halides is 5. The van der Waals surface area contributed by atoms with E-state index in [-0.39, 0.29) is 83.1 Å². The highest BCUT2D eigenvalue weighted by atomic mass is 79.9. The monoisotopic (exact) mass is 1800 g/mol. The standard InChI is InChI=1S/C13H17FN4O2.2C13H17FN4O.C11H13FN4O3.C7H11FO2.C6H5BrN4.C6H16Cl2Si2.C6H16Si.2CH4/c1-3-9-7(2)11(14)13(19,20-9)10-5-4-8-12(15)16-6-17-18(8)10;2*1-3-10-7(2)11(14)12(19-10)8-4-5-9-13(15)16-6-17-18(8)9;12-8-9(18)7(3-17)19-10(8)5-1-2-6-11(13)14-4-15-16(5)6;1-3-5-4(2)6(8)7(9)10-5;7-5-2-1-4-6(8)9-3-10-11(4)5;1-9(2,7)5-6-10(3,4)8;1-4-7(5-2)6-3;;/h4-7,9,11,19H,3H2,1-2H3,(H2,15,16,17);2*4-7,10-12H,3H2,1-2H3,(H2,15,16,17);1-2,4,7-10,17-18H,3H2,(H2,13,14,15);4-6H,3H2,1-2H3;1-3H,(H2,8,9,10);5-6H2,1-4H3;7H,4-6H2,1-3H3;2*1H4/t7-,9-,11-,13?;7-,10-,11-,12?;7-,10-,11-,12+;7-,8-,9-,10+;4-,5-,6-;;;;;/m11111...../s1. The molecule has 0 bridgehead atoms. The van der Waals surface area contributed by atoms with E-state index in [9.17, 15) is 37.0 Å². The van der Waals surface area contributed by atoms with Gasteiger partial charge in [-0.15, -0.1) is 0 Å². The zero-order valence-corrected chi connectivity index (χ0v) is 73.9. The van der Waals surface area contributed by atoms with Crippen molar-refractivity contribution in [2.24, 2.45) is 23.7 Å². The Morgan fingerprint density at radius 2 is 0.821 bits per heavy atom. The molecule has 0 aliphatic carbocycles. The van der Waals surface area contributed by atoms with Crippen LogP contribution in [0.2, 0.25) is 56.4 Å². The third-order valence-corrected chi connectivity index (χ3v) is 30.1. The largest absolute Gasteiger partial charge is 0.460 e. The Morgan fingerprint density at radius 1 is 0.487 bits per heavy atom. The molecule has 40 heteroatoms. The minimum atomic E-state index is -2.01. The first-order valence-corrected chi connectivity index (χ1v) is 50.6. The third kappa shape index (κ3) is 23.0. The molecule has 29 nitrogen and oxygen atoms in total. The molecule has 5 saturated heterocycles. The summed E-state index contributed by atoms with van der Waals surface area (Å²) in [6, 6.07) is 24.2. The SMILES string of the molecule is C.C.CC[C@H]1OC(=O)[C@H](F)[C@@H]1C.CC[C@H]1OC(O)(c2ccc3c(N)ncnn23)[C@H](F)[C@@H]1C.CC[C@H]1OC(c2ccc3c(N)ncnn23)[C@H](F)[C@@H]1C.CC[C@H]1O[C@@H](c2ccc3c(N)ncnn23)[C@H](F)[C@@H]1C.CC[SiH](CC)CC.C[Si](C)(Cl)CC[Si](C)(C)Cl.Nc1ncnn2c(Br)ccc12.Nc1ncnn2c([C@@H]3O[C@H](CO)[C@@H](O)[C@H]3F)ccc12. The highest BCUT2D eigenvalue weighted by Crippen LogP contribution is 2.46. The van der Waals surface area contributed by atoms with Crippen molar-refractivity contribution in [3.8, 4) is 0 Å². The maximum Gasteiger partial charge on any atom is 0.341 e. The number of cyclic esters (lactones) is 1. The molecular weight excluding hydrogens is 1680 g/mol. The van der Waals surface area contributed by atoms with E-state index < -0.39 is 100 Å². The molecule has 19 atom stereocenters. The number of anilines is 5. The molecule has 15 rings (SSSR count). The predicted molar refractivity (Wildman–Crippen MR) is 460 cm³/mol. The van der Waals surface area contributed by atoms with Gasteiger partial charge in [0.15, 0.2) is 41.4 Å². The Balaban J connectivity index is 0.000000212. The molecule has 117 heavy (non-hydrogen) atoms. The van der Waals surface area contributed by atoms with Crippen molar-refractivity contribution in [2.45, 2.75) is 265 Å². The normalized spacial score (nSPS) is 27.2. The lowest BCUT2D eigenvalue weighted by Gasteiger charge is -2.24. The minimum Gasteiger partial charge on any atom is -0.460 e. The van der Waals surface area contributed by atoms with E-state index in [1.54, 1.807) is 63.8 Å². The fourth-order valence-electron chi connectivity index (χ4n) is 14.2. The van der Waals surface area contributed by atoms with Crippen LogP contribution < -0.4 is 28.7 Å². The van der Waals surface area contributed by atoms with Gasteiger partial charge >= 0.3 is 5.97 Å². The van der Waals surface area contributed by atoms with Crippen LogP contribution in [0.25, 0.3) is 27.6 Å². The molecule has 0 saturated carbocycles. The Bertz CT molecular complexity index is 4490. The first kappa shape index (κ1) is 98.5. The van der Waals surface area contributed by atoms with E-state index in [1.165, 1.54) is 58.8 Å². The maximum atomic E-state index is 14.5. The van der Waals surface area contributed by atoms with Gasteiger partial charge in [-0.1, -0.05) is 135 Å². The number of nitrogens with zero attached hydrogens (tertiary/aromatic N) is 15. The molecule has 0 spiro atoms. The Morgan fingerprint density at radius 3 is 1.12 bits per heavy atom. The predicted octanol–water partition coefficient (Wildman–Crippen LogP) is 14.7. The second kappa shape index (κ2) is 43.2. The molecule has 5 aliphatic rings. The van der Waals surface area contributed by atoms with Gasteiger partial charge in [-0.25, -0.2) is 74.2 Å². The number of halogens is 8. The molecule has 15 heterocycles. The summed E-state index contributed by atoms with van der Waals surface area (Å²) in [5, 5.41) is 49.6. The van der Waals surface area contributed by atoms with Crippen molar-refractivity contribution in [2.75, 3.05) is 35.3 Å². The van der Waals surface area contributed by atoms with Crippen molar-refractivity contribution in [1.29, 1.82) is 0 Å². The van der Waals surface area contributed by atoms with E-state index in [0.29, 0.717) is 69.4 Å². The van der Waals surface area contributed by atoms with Gasteiger partial charge in [0.2, 0.25) is 12.0 Å². The van der Waals surface area contributed by atoms with Crippen LogP contribution >= 0.6 is 38.1 Å². The fraction of sp³-hybridized carbons (Fsp3) is 0.597. The van der Waals surface area contributed by atoms with Crippen molar-refractivity contribution < 1.29 is 65.8 Å². The first-order valence-electron chi connectivity index (χ1n) is 38.9. The lowest BCUT2D eigenvalue weighted by atomic mass is 9.95. The lowest BCUT2D eigenvalue weighted by Crippen LogP contribution is -2.36. The molecule has 5 aliphatic heterocycles. The zero-order chi connectivity index (χ0) is 84.9. The second-order valence-corrected chi connectivity index (χ2v) is 49.4. The van der Waals surface area contributed by atoms with Crippen molar-refractivity contribution >= 4 is 124 Å². The van der Waals surface area contributed by atoms with Gasteiger partial charge in [0.25, 0.3) is 0 Å². The van der Waals surface area contributed by atoms with Gasteiger partial charge in [-0.2, -0.15) is 47.7 Å². The van der Waals surface area contributed by atoms with Crippen LogP contribution in [0.4, 0.5) is 51.0 Å². The smallest absolute Gasteiger partial charge is 0.341 e. The van der Waals surface area contributed by atoms with Crippen molar-refractivity contribution in [3.05, 3.63) is 120 Å². The number of aliphatic hydroxyl groups is 3. The number of fused-ring (bicyclic) bond motifs is 5. The number of hydrogen-bond donors (Lipinski definition) is 8. The van der Waals surface area contributed by atoms with E-state index >= 15 is 0 Å². The average molecular weight is 1800 g/mol. The highest BCUT2D eigenvalue weighted by Gasteiger charge is 2.56. The van der Waals surface area contributed by atoms with Crippen LogP contribution in [0, 0.1) is 23.7 Å². The quantitative estimate of drug-likeness (QED) is 0.0204. The van der Waals surface area contributed by atoms with E-state index in [4.69, 9.17) is 79.6 Å². The van der Waals surface area contributed by atoms with Crippen molar-refractivity contribution in [3.63, 3.8) is 0 Å². The fourth-order valence-corrected chi connectivity index (χ4v) is 22.8. The Hall–Kier alpha value is -7.35. The number of carbonyl (C=O) groups is 1. The summed E-state index contributed by atoms with van der Waals surface area (Å²) in [7, 11) is -2.86. The summed E-state index contributed by atoms with van der Waals surface area (Å²) < 4.78 is 106. The van der Waals surface area contributed by atoms with Crippen LogP contribution in [0.3, 0.4) is 0 Å². The van der Waals surface area contributed by atoms with E-state index in [2.05, 4.69) is 113 Å². The zero-order valence-electron chi connectivity index (χ0n) is 67.6. The van der Waals surface area contributed by atoms with Crippen LogP contribution in [-0.2, 0) is 34.3 Å². The summed E-state index contributed by atoms with van der Waals surface area (Å²) in [5.41, 5.74) is 33.8. The lowest BCUT2D eigenvalue weighted by molar-refractivity contribution is -0.227. The van der Waals surface area contributed by atoms with Crippen LogP contribution in [0.1, 0.15) is 158 Å². The number of carbonyl (C=O) groups excluding carboxylic acids is 1. The Kier molecular flexibility index (Phi) is 36.4. The number of esters is 1. The summed E-state index contributed by atoms with van der Waals surface area (Å²) in [6.45, 7) is 30.2. The van der Waals surface area contributed by atoms with Gasteiger partial charge in [0, 0.05) is 32.5 Å². The molecule has 13 N–H and O–H groups in total. The maximum absolute atomic E-state index is 14.5. The number of ether oxygens (including phenoxy) is 5. The number of aromatic nitrogens is 15.